The predicted octanol–water partition coefficient (Wildman–Crippen LogP) is 2.28. The Morgan fingerprint density at radius 3 is 2.64 bits per heavy atom. The molecule has 0 spiro atoms. The van der Waals surface area contributed by atoms with Crippen molar-refractivity contribution in [3.8, 4) is 0 Å². The first-order valence-electron chi connectivity index (χ1n) is 4.43. The molecule has 0 aromatic carbocycles. The molecular weight excluding hydrogens is 188 g/mol. The van der Waals surface area contributed by atoms with E-state index < -0.39 is 6.43 Å². The summed E-state index contributed by atoms with van der Waals surface area (Å²) < 4.78 is 23.7. The Morgan fingerprint density at radius 2 is 2.07 bits per heavy atom. The minimum absolute atomic E-state index is 0.269. The van der Waals surface area contributed by atoms with Crippen LogP contribution in [-0.4, -0.2) is 22.9 Å². The van der Waals surface area contributed by atoms with Crippen LogP contribution in [0.5, 0.6) is 0 Å². The molecule has 0 amide bonds. The molecule has 0 saturated heterocycles. The normalized spacial score (nSPS) is 11.0. The quantitative estimate of drug-likeness (QED) is 0.812. The van der Waals surface area contributed by atoms with E-state index in [0.717, 1.165) is 5.69 Å². The van der Waals surface area contributed by atoms with Crippen molar-refractivity contribution in [3.63, 3.8) is 0 Å². The second-order valence-corrected chi connectivity index (χ2v) is 3.25. The topological polar surface area (TPSA) is 37.8 Å². The Balaban J connectivity index is 2.64. The number of rotatable bonds is 4. The third-order valence-corrected chi connectivity index (χ3v) is 1.72. The fraction of sp³-hybridized carbons (Fsp3) is 0.556. The summed E-state index contributed by atoms with van der Waals surface area (Å²) in [6.07, 6.45) is -0.990. The van der Waals surface area contributed by atoms with E-state index in [4.69, 9.17) is 0 Å². The summed E-state index contributed by atoms with van der Waals surface area (Å²) in [5.74, 6) is 0.717. The van der Waals surface area contributed by atoms with Gasteiger partial charge in [-0.25, -0.2) is 18.7 Å². The highest BCUT2D eigenvalue weighted by molar-refractivity contribution is 5.35. The standard InChI is InChI=1S/C9H13F2N3/c1-6(2)7-3-9(14-5-13-7)12-4-8(10)11/h3,5-6,8H,4H2,1-2H3,(H,12,13,14). The van der Waals surface area contributed by atoms with Crippen LogP contribution in [-0.2, 0) is 0 Å². The Kier molecular flexibility index (Phi) is 3.73. The van der Waals surface area contributed by atoms with Crippen LogP contribution in [0, 0.1) is 0 Å². The molecule has 1 aromatic rings. The highest BCUT2D eigenvalue weighted by Gasteiger charge is 2.05. The van der Waals surface area contributed by atoms with Crippen molar-refractivity contribution >= 4 is 5.82 Å². The van der Waals surface area contributed by atoms with Gasteiger partial charge in [0, 0.05) is 11.8 Å². The smallest absolute Gasteiger partial charge is 0.255 e. The Bertz CT molecular complexity index is 289. The van der Waals surface area contributed by atoms with Crippen LogP contribution in [0.15, 0.2) is 12.4 Å². The van der Waals surface area contributed by atoms with Gasteiger partial charge in [-0.15, -0.1) is 0 Å². The monoisotopic (exact) mass is 201 g/mol. The summed E-state index contributed by atoms with van der Waals surface area (Å²) in [5, 5.41) is 2.54. The van der Waals surface area contributed by atoms with E-state index in [1.54, 1.807) is 6.07 Å². The van der Waals surface area contributed by atoms with Crippen LogP contribution in [0.25, 0.3) is 0 Å². The largest absolute Gasteiger partial charge is 0.364 e. The Morgan fingerprint density at radius 1 is 1.36 bits per heavy atom. The number of hydrogen-bond donors (Lipinski definition) is 1. The maximum atomic E-state index is 11.9. The molecule has 0 aliphatic carbocycles. The molecule has 1 rings (SSSR count). The first-order valence-corrected chi connectivity index (χ1v) is 4.43. The number of anilines is 1. The van der Waals surface area contributed by atoms with Crippen LogP contribution in [0.1, 0.15) is 25.5 Å². The van der Waals surface area contributed by atoms with Gasteiger partial charge in [-0.3, -0.25) is 0 Å². The lowest BCUT2D eigenvalue weighted by Crippen LogP contribution is -2.11. The SMILES string of the molecule is CC(C)c1cc(NCC(F)F)ncn1. The van der Waals surface area contributed by atoms with E-state index in [0.29, 0.717) is 5.82 Å². The number of hydrogen-bond acceptors (Lipinski definition) is 3. The zero-order valence-electron chi connectivity index (χ0n) is 8.17. The van der Waals surface area contributed by atoms with Gasteiger partial charge in [-0.2, -0.15) is 0 Å². The lowest BCUT2D eigenvalue weighted by molar-refractivity contribution is 0.163. The Labute approximate surface area is 81.6 Å². The lowest BCUT2D eigenvalue weighted by atomic mass is 10.1. The summed E-state index contributed by atoms with van der Waals surface area (Å²) in [7, 11) is 0. The third kappa shape index (κ3) is 3.24. The second-order valence-electron chi connectivity index (χ2n) is 3.25. The van der Waals surface area contributed by atoms with Gasteiger partial charge in [0.15, 0.2) is 0 Å². The number of alkyl halides is 2. The highest BCUT2D eigenvalue weighted by atomic mass is 19.3. The maximum Gasteiger partial charge on any atom is 0.255 e. The highest BCUT2D eigenvalue weighted by Crippen LogP contribution is 2.13. The summed E-state index contributed by atoms with van der Waals surface area (Å²) >= 11 is 0. The lowest BCUT2D eigenvalue weighted by Gasteiger charge is -2.07. The van der Waals surface area contributed by atoms with Crippen LogP contribution < -0.4 is 5.32 Å². The number of halogens is 2. The molecular formula is C9H13F2N3. The first-order chi connectivity index (χ1) is 6.59. The summed E-state index contributed by atoms with van der Waals surface area (Å²) in [6.45, 7) is 3.59. The molecule has 78 valence electrons. The van der Waals surface area contributed by atoms with Crippen molar-refractivity contribution in [2.45, 2.75) is 26.2 Å². The molecule has 0 bridgehead atoms. The van der Waals surface area contributed by atoms with Crippen molar-refractivity contribution in [1.29, 1.82) is 0 Å². The minimum Gasteiger partial charge on any atom is -0.364 e. The van der Waals surface area contributed by atoms with Gasteiger partial charge in [0.2, 0.25) is 0 Å². The molecule has 0 radical (unpaired) electrons. The van der Waals surface area contributed by atoms with E-state index in [2.05, 4.69) is 15.3 Å². The van der Waals surface area contributed by atoms with Crippen molar-refractivity contribution in [2.24, 2.45) is 0 Å². The molecule has 5 heteroatoms. The Hall–Kier alpha value is -1.26. The molecule has 14 heavy (non-hydrogen) atoms. The molecule has 0 fully saturated rings. The molecule has 3 nitrogen and oxygen atoms in total. The van der Waals surface area contributed by atoms with Crippen molar-refractivity contribution in [1.82, 2.24) is 9.97 Å². The molecule has 0 aliphatic rings. The van der Waals surface area contributed by atoms with E-state index in [-0.39, 0.29) is 12.5 Å². The van der Waals surface area contributed by atoms with E-state index >= 15 is 0 Å². The van der Waals surface area contributed by atoms with Crippen LogP contribution in [0.3, 0.4) is 0 Å². The van der Waals surface area contributed by atoms with Gasteiger partial charge >= 0.3 is 0 Å². The number of nitrogens with zero attached hydrogens (tertiary/aromatic N) is 2. The van der Waals surface area contributed by atoms with Gasteiger partial charge in [-0.1, -0.05) is 13.8 Å². The van der Waals surface area contributed by atoms with Crippen LogP contribution >= 0.6 is 0 Å². The molecule has 0 saturated carbocycles. The van der Waals surface area contributed by atoms with Gasteiger partial charge < -0.3 is 5.32 Å². The summed E-state index contributed by atoms with van der Waals surface area (Å²) in [6, 6.07) is 1.69. The number of aromatic nitrogens is 2. The molecule has 0 unspecified atom stereocenters. The molecule has 0 atom stereocenters. The summed E-state index contributed by atoms with van der Waals surface area (Å²) in [4.78, 5) is 7.87. The van der Waals surface area contributed by atoms with Crippen molar-refractivity contribution in [2.75, 3.05) is 11.9 Å². The van der Waals surface area contributed by atoms with Gasteiger partial charge in [0.1, 0.15) is 12.1 Å². The van der Waals surface area contributed by atoms with Gasteiger partial charge in [0.25, 0.3) is 6.43 Å². The predicted molar refractivity (Wildman–Crippen MR) is 50.6 cm³/mol. The maximum absolute atomic E-state index is 11.9. The molecule has 1 N–H and O–H groups in total. The number of nitrogens with one attached hydrogen (secondary N) is 1. The second kappa shape index (κ2) is 4.83. The molecule has 1 heterocycles. The molecule has 0 aliphatic heterocycles. The molecule has 1 aromatic heterocycles. The van der Waals surface area contributed by atoms with Gasteiger partial charge in [-0.05, 0) is 5.92 Å². The average molecular weight is 201 g/mol. The van der Waals surface area contributed by atoms with Crippen LogP contribution in [0.2, 0.25) is 0 Å². The van der Waals surface area contributed by atoms with E-state index in [1.165, 1.54) is 6.33 Å². The van der Waals surface area contributed by atoms with E-state index in [9.17, 15) is 8.78 Å². The van der Waals surface area contributed by atoms with Gasteiger partial charge in [0.05, 0.1) is 6.54 Å². The average Bonchev–Trinajstić information content (AvgIpc) is 2.15. The van der Waals surface area contributed by atoms with E-state index in [1.807, 2.05) is 13.8 Å². The summed E-state index contributed by atoms with van der Waals surface area (Å²) in [5.41, 5.74) is 0.844. The zero-order valence-corrected chi connectivity index (χ0v) is 8.17. The van der Waals surface area contributed by atoms with Crippen LogP contribution in [0.4, 0.5) is 14.6 Å². The van der Waals surface area contributed by atoms with Crippen molar-refractivity contribution in [3.05, 3.63) is 18.1 Å². The fourth-order valence-corrected chi connectivity index (χ4v) is 0.966. The zero-order chi connectivity index (χ0) is 10.6. The first kappa shape index (κ1) is 10.8. The fourth-order valence-electron chi connectivity index (χ4n) is 0.966. The minimum atomic E-state index is -2.37. The third-order valence-electron chi connectivity index (χ3n) is 1.72. The van der Waals surface area contributed by atoms with Crippen molar-refractivity contribution < 1.29 is 8.78 Å².